The summed E-state index contributed by atoms with van der Waals surface area (Å²) in [7, 11) is 0. The Bertz CT molecular complexity index is 393. The molecule has 1 aromatic carbocycles. The molecule has 0 radical (unpaired) electrons. The molecule has 4 nitrogen and oxygen atoms in total. The Hall–Kier alpha value is -0.400. The van der Waals surface area contributed by atoms with Crippen molar-refractivity contribution in [2.24, 2.45) is 11.5 Å². The van der Waals surface area contributed by atoms with Gasteiger partial charge in [0.25, 0.3) is 10.3 Å². The van der Waals surface area contributed by atoms with Crippen LogP contribution in [0.15, 0.2) is 30.8 Å². The fourth-order valence-electron chi connectivity index (χ4n) is 0.904. The Morgan fingerprint density at radius 2 is 1.72 bits per heavy atom. The van der Waals surface area contributed by atoms with Gasteiger partial charge in [-0.05, 0) is 35.6 Å². The van der Waals surface area contributed by atoms with Gasteiger partial charge in [-0.15, -0.1) is 0 Å². The van der Waals surface area contributed by atoms with Gasteiger partial charge in [0.05, 0.1) is 0 Å². The standard InChI is InChI=1S/C10H11NOS.CH3NOS.Ca.2H/c1-2-8-3-5-9(6-4-8)7-12-10(11)13;2-1(3)4;;;/h2-6H,1,7H2,(H2,11,13);(H3,2,3,4);;;. The summed E-state index contributed by atoms with van der Waals surface area (Å²) in [5.74, 6) is 0. The molecule has 0 spiro atoms. The molecule has 0 saturated carbocycles. The van der Waals surface area contributed by atoms with Gasteiger partial charge in [0.15, 0.2) is 0 Å². The van der Waals surface area contributed by atoms with Crippen molar-refractivity contribution < 1.29 is 9.84 Å². The fraction of sp³-hybridized carbons (Fsp3) is 0.0909. The van der Waals surface area contributed by atoms with Crippen molar-refractivity contribution in [3.63, 3.8) is 0 Å². The van der Waals surface area contributed by atoms with Crippen LogP contribution in [-0.2, 0) is 11.3 Å². The van der Waals surface area contributed by atoms with E-state index in [-0.39, 0.29) is 42.9 Å². The van der Waals surface area contributed by atoms with Crippen LogP contribution in [-0.4, -0.2) is 53.2 Å². The number of aliphatic hydroxyl groups excluding tert-OH is 1. The van der Waals surface area contributed by atoms with Crippen LogP contribution in [0.25, 0.3) is 6.08 Å². The van der Waals surface area contributed by atoms with E-state index in [1.54, 1.807) is 6.08 Å². The molecule has 0 aliphatic heterocycles. The summed E-state index contributed by atoms with van der Waals surface area (Å²) in [5.41, 5.74) is 11.7. The predicted octanol–water partition coefficient (Wildman–Crippen LogP) is 0.962. The molecular weight excluding hydrogens is 296 g/mol. The number of thiocarbonyl (C=S) groups is 2. The first kappa shape index (κ1) is 19.9. The number of aliphatic hydroxyl groups is 1. The van der Waals surface area contributed by atoms with Gasteiger partial charge >= 0.3 is 37.7 Å². The van der Waals surface area contributed by atoms with Crippen molar-refractivity contribution in [1.82, 2.24) is 0 Å². The van der Waals surface area contributed by atoms with Crippen LogP contribution in [0.1, 0.15) is 11.1 Å². The first-order chi connectivity index (χ1) is 7.95. The topological polar surface area (TPSA) is 81.5 Å². The third-order valence-corrected chi connectivity index (χ3v) is 1.71. The van der Waals surface area contributed by atoms with Gasteiger partial charge in [-0.25, -0.2) is 0 Å². The molecule has 1 rings (SSSR count). The molecule has 0 bridgehead atoms. The van der Waals surface area contributed by atoms with E-state index in [4.69, 9.17) is 15.6 Å². The minimum atomic E-state index is -0.500. The number of hydrogen-bond donors (Lipinski definition) is 3. The van der Waals surface area contributed by atoms with Gasteiger partial charge in [0, 0.05) is 0 Å². The molecule has 0 unspecified atom stereocenters. The molecule has 0 atom stereocenters. The van der Waals surface area contributed by atoms with E-state index < -0.39 is 5.17 Å². The summed E-state index contributed by atoms with van der Waals surface area (Å²) in [6.07, 6.45) is 1.79. The van der Waals surface area contributed by atoms with Crippen LogP contribution in [0.2, 0.25) is 0 Å². The van der Waals surface area contributed by atoms with Crippen molar-refractivity contribution in [3.8, 4) is 0 Å². The second-order valence-corrected chi connectivity index (χ2v) is 3.71. The van der Waals surface area contributed by atoms with Crippen LogP contribution in [0, 0.1) is 0 Å². The third kappa shape index (κ3) is 12.1. The summed E-state index contributed by atoms with van der Waals surface area (Å²) in [5, 5.41) is 7.14. The molecule has 0 fully saturated rings. The van der Waals surface area contributed by atoms with Crippen molar-refractivity contribution in [3.05, 3.63) is 42.0 Å². The molecule has 0 aromatic heterocycles. The minimum absolute atomic E-state index is 0. The summed E-state index contributed by atoms with van der Waals surface area (Å²) in [6, 6.07) is 7.83. The molecule has 0 saturated heterocycles. The molecule has 96 valence electrons. The molecule has 0 amide bonds. The number of benzene rings is 1. The van der Waals surface area contributed by atoms with Crippen LogP contribution in [0.5, 0.6) is 0 Å². The molecule has 5 N–H and O–H groups in total. The Morgan fingerprint density at radius 3 is 2.06 bits per heavy atom. The molecule has 0 aliphatic carbocycles. The maximum absolute atomic E-state index is 7.56. The van der Waals surface area contributed by atoms with Gasteiger partial charge < -0.3 is 21.3 Å². The Labute approximate surface area is 147 Å². The zero-order valence-electron chi connectivity index (χ0n) is 9.13. The van der Waals surface area contributed by atoms with E-state index in [2.05, 4.69) is 36.7 Å². The van der Waals surface area contributed by atoms with Crippen molar-refractivity contribution in [2.45, 2.75) is 6.61 Å². The number of hydrogen-bond acceptors (Lipinski definition) is 3. The van der Waals surface area contributed by atoms with Crippen molar-refractivity contribution >= 4 is 78.6 Å². The SMILES string of the molecule is C=Cc1ccc(COC(N)=S)cc1.NC(O)=S.[CaH2]. The van der Waals surface area contributed by atoms with E-state index in [0.717, 1.165) is 11.1 Å². The van der Waals surface area contributed by atoms with E-state index in [1.807, 2.05) is 24.3 Å². The molecule has 0 aliphatic rings. The van der Waals surface area contributed by atoms with Crippen LogP contribution in [0.3, 0.4) is 0 Å². The fourth-order valence-corrected chi connectivity index (χ4v) is 0.963. The Balaban J connectivity index is 0. The number of rotatable bonds is 3. The number of nitrogens with two attached hydrogens (primary N) is 2. The molecule has 7 heteroatoms. The van der Waals surface area contributed by atoms with Crippen LogP contribution in [0.4, 0.5) is 0 Å². The first-order valence-electron chi connectivity index (χ1n) is 4.57. The first-order valence-corrected chi connectivity index (χ1v) is 5.39. The summed E-state index contributed by atoms with van der Waals surface area (Å²) >= 11 is 8.45. The second-order valence-electron chi connectivity index (χ2n) is 2.89. The van der Waals surface area contributed by atoms with Gasteiger partial charge in [-0.3, -0.25) is 0 Å². The summed E-state index contributed by atoms with van der Waals surface area (Å²) in [4.78, 5) is 0. The van der Waals surface area contributed by atoms with Gasteiger partial charge in [0.2, 0.25) is 0 Å². The second kappa shape index (κ2) is 11.7. The Morgan fingerprint density at radius 1 is 1.28 bits per heavy atom. The number of ether oxygens (including phenoxy) is 1. The normalized spacial score (nSPS) is 8.00. The van der Waals surface area contributed by atoms with E-state index in [1.165, 1.54) is 0 Å². The summed E-state index contributed by atoms with van der Waals surface area (Å²) in [6.45, 7) is 4.09. The van der Waals surface area contributed by atoms with E-state index in [9.17, 15) is 0 Å². The Kier molecular flexibility index (Phi) is 12.9. The quantitative estimate of drug-likeness (QED) is 0.570. The molecule has 1 aromatic rings. The van der Waals surface area contributed by atoms with Gasteiger partial charge in [0.1, 0.15) is 6.61 Å². The van der Waals surface area contributed by atoms with Crippen molar-refractivity contribution in [2.75, 3.05) is 0 Å². The zero-order chi connectivity index (χ0) is 13.3. The van der Waals surface area contributed by atoms with E-state index in [0.29, 0.717) is 6.61 Å². The predicted molar refractivity (Wildman–Crippen MR) is 86.1 cm³/mol. The molecular formula is C11H16CaN2O2S2. The maximum atomic E-state index is 7.56. The zero-order valence-corrected chi connectivity index (χ0v) is 10.8. The average Bonchev–Trinajstić information content (AvgIpc) is 2.26. The average molecular weight is 312 g/mol. The monoisotopic (exact) mass is 312 g/mol. The van der Waals surface area contributed by atoms with Crippen LogP contribution < -0.4 is 11.5 Å². The van der Waals surface area contributed by atoms with Gasteiger partial charge in [-0.1, -0.05) is 36.9 Å². The van der Waals surface area contributed by atoms with Crippen molar-refractivity contribution in [1.29, 1.82) is 0 Å². The third-order valence-electron chi connectivity index (χ3n) is 1.60. The molecule has 0 heterocycles. The van der Waals surface area contributed by atoms with E-state index >= 15 is 0 Å². The summed E-state index contributed by atoms with van der Waals surface area (Å²) < 4.78 is 4.98. The molecule has 18 heavy (non-hydrogen) atoms. The van der Waals surface area contributed by atoms with Gasteiger partial charge in [-0.2, -0.15) is 0 Å². The van der Waals surface area contributed by atoms with Crippen LogP contribution >= 0.6 is 24.4 Å².